The number of aryl methyl sites for hydroxylation is 1. The van der Waals surface area contributed by atoms with E-state index in [2.05, 4.69) is 31.6 Å². The third-order valence-electron chi connectivity index (χ3n) is 3.93. The highest BCUT2D eigenvalue weighted by Gasteiger charge is 2.09. The number of amides is 1. The van der Waals surface area contributed by atoms with Crippen molar-refractivity contribution < 1.29 is 4.79 Å². The van der Waals surface area contributed by atoms with E-state index < -0.39 is 0 Å². The SMILES string of the molecule is C/C(=N/NC(=O)c1ccn(Cc2ccc(Br)cc2)n1)c1ccc(C)cc1. The van der Waals surface area contributed by atoms with Crippen LogP contribution in [0.3, 0.4) is 0 Å². The van der Waals surface area contributed by atoms with Crippen molar-refractivity contribution in [2.75, 3.05) is 0 Å². The first-order valence-electron chi connectivity index (χ1n) is 8.21. The number of carbonyl (C=O) groups is 1. The van der Waals surface area contributed by atoms with Gasteiger partial charge in [0.1, 0.15) is 0 Å². The van der Waals surface area contributed by atoms with Crippen LogP contribution in [0.1, 0.15) is 34.1 Å². The van der Waals surface area contributed by atoms with E-state index in [0.29, 0.717) is 12.2 Å². The van der Waals surface area contributed by atoms with Gasteiger partial charge in [0.25, 0.3) is 5.91 Å². The van der Waals surface area contributed by atoms with Crippen LogP contribution in [0.4, 0.5) is 0 Å². The zero-order valence-corrected chi connectivity index (χ0v) is 16.2. The van der Waals surface area contributed by atoms with Crippen molar-refractivity contribution in [2.24, 2.45) is 5.10 Å². The molecule has 0 bridgehead atoms. The van der Waals surface area contributed by atoms with Crippen LogP contribution in [0.15, 0.2) is 70.4 Å². The summed E-state index contributed by atoms with van der Waals surface area (Å²) in [4.78, 5) is 12.2. The summed E-state index contributed by atoms with van der Waals surface area (Å²) in [5, 5.41) is 8.48. The fourth-order valence-electron chi connectivity index (χ4n) is 2.40. The van der Waals surface area contributed by atoms with Crippen molar-refractivity contribution >= 4 is 27.5 Å². The van der Waals surface area contributed by atoms with Gasteiger partial charge >= 0.3 is 0 Å². The summed E-state index contributed by atoms with van der Waals surface area (Å²) in [5.74, 6) is -0.328. The summed E-state index contributed by atoms with van der Waals surface area (Å²) in [6.07, 6.45) is 1.79. The van der Waals surface area contributed by atoms with Gasteiger partial charge in [-0.3, -0.25) is 9.48 Å². The van der Waals surface area contributed by atoms with Crippen LogP contribution in [0, 0.1) is 6.92 Å². The number of halogens is 1. The van der Waals surface area contributed by atoms with Crippen LogP contribution in [0.5, 0.6) is 0 Å². The van der Waals surface area contributed by atoms with Crippen molar-refractivity contribution in [2.45, 2.75) is 20.4 Å². The lowest BCUT2D eigenvalue weighted by molar-refractivity contribution is 0.0949. The second kappa shape index (κ2) is 8.10. The molecule has 0 aliphatic carbocycles. The Bertz CT molecular complexity index is 927. The Kier molecular flexibility index (Phi) is 5.63. The number of hydrazone groups is 1. The van der Waals surface area contributed by atoms with Crippen molar-refractivity contribution in [3.05, 3.63) is 87.7 Å². The maximum absolute atomic E-state index is 12.2. The summed E-state index contributed by atoms with van der Waals surface area (Å²) < 4.78 is 2.76. The molecule has 2 aromatic carbocycles. The van der Waals surface area contributed by atoms with Crippen molar-refractivity contribution in [3.63, 3.8) is 0 Å². The molecule has 1 heterocycles. The first-order valence-corrected chi connectivity index (χ1v) is 9.00. The highest BCUT2D eigenvalue weighted by Crippen LogP contribution is 2.11. The van der Waals surface area contributed by atoms with E-state index in [0.717, 1.165) is 21.3 Å². The lowest BCUT2D eigenvalue weighted by Gasteiger charge is -2.03. The average molecular weight is 411 g/mol. The van der Waals surface area contributed by atoms with E-state index in [-0.39, 0.29) is 5.91 Å². The second-order valence-corrected chi connectivity index (χ2v) is 6.94. The van der Waals surface area contributed by atoms with Crippen LogP contribution < -0.4 is 5.43 Å². The van der Waals surface area contributed by atoms with E-state index in [9.17, 15) is 4.79 Å². The minimum absolute atomic E-state index is 0.328. The Morgan fingerprint density at radius 1 is 1.12 bits per heavy atom. The van der Waals surface area contributed by atoms with Crippen molar-refractivity contribution in [1.29, 1.82) is 0 Å². The quantitative estimate of drug-likeness (QED) is 0.507. The number of benzene rings is 2. The van der Waals surface area contributed by atoms with E-state index in [1.165, 1.54) is 5.56 Å². The van der Waals surface area contributed by atoms with Crippen LogP contribution in [0.25, 0.3) is 0 Å². The highest BCUT2D eigenvalue weighted by molar-refractivity contribution is 9.10. The largest absolute Gasteiger partial charge is 0.291 e. The Morgan fingerprint density at radius 2 is 1.81 bits per heavy atom. The molecule has 3 aromatic rings. The van der Waals surface area contributed by atoms with Gasteiger partial charge in [-0.25, -0.2) is 5.43 Å². The van der Waals surface area contributed by atoms with E-state index in [1.807, 2.05) is 62.4 Å². The number of nitrogens with one attached hydrogen (secondary N) is 1. The van der Waals surface area contributed by atoms with Crippen molar-refractivity contribution in [3.8, 4) is 0 Å². The van der Waals surface area contributed by atoms with Gasteiger partial charge in [-0.05, 0) is 43.2 Å². The molecule has 1 aromatic heterocycles. The molecule has 0 unspecified atom stereocenters. The molecular formula is C20H19BrN4O. The molecule has 6 heteroatoms. The normalized spacial score (nSPS) is 11.4. The lowest BCUT2D eigenvalue weighted by atomic mass is 10.1. The maximum Gasteiger partial charge on any atom is 0.291 e. The van der Waals surface area contributed by atoms with E-state index >= 15 is 0 Å². The Balaban J connectivity index is 1.63. The van der Waals surface area contributed by atoms with Crippen LogP contribution in [0.2, 0.25) is 0 Å². The summed E-state index contributed by atoms with van der Waals surface area (Å²) in [5.41, 5.74) is 6.90. The Morgan fingerprint density at radius 3 is 2.50 bits per heavy atom. The molecule has 0 radical (unpaired) electrons. The third-order valence-corrected chi connectivity index (χ3v) is 4.45. The molecule has 1 amide bonds. The number of aromatic nitrogens is 2. The number of hydrogen-bond acceptors (Lipinski definition) is 3. The first-order chi connectivity index (χ1) is 12.5. The van der Waals surface area contributed by atoms with Crippen molar-refractivity contribution in [1.82, 2.24) is 15.2 Å². The molecule has 26 heavy (non-hydrogen) atoms. The van der Waals surface area contributed by atoms with E-state index in [4.69, 9.17) is 0 Å². The van der Waals surface area contributed by atoms with Gasteiger partial charge in [-0.15, -0.1) is 0 Å². The minimum atomic E-state index is -0.328. The van der Waals surface area contributed by atoms with Crippen LogP contribution in [-0.2, 0) is 6.54 Å². The minimum Gasteiger partial charge on any atom is -0.268 e. The summed E-state index contributed by atoms with van der Waals surface area (Å²) in [6.45, 7) is 4.49. The first kappa shape index (κ1) is 18.1. The fourth-order valence-corrected chi connectivity index (χ4v) is 2.66. The predicted octanol–water partition coefficient (Wildman–Crippen LogP) is 4.16. The molecule has 132 valence electrons. The molecule has 0 saturated heterocycles. The smallest absolute Gasteiger partial charge is 0.268 e. The predicted molar refractivity (Wildman–Crippen MR) is 106 cm³/mol. The number of rotatable bonds is 5. The third kappa shape index (κ3) is 4.67. The summed E-state index contributed by atoms with van der Waals surface area (Å²) >= 11 is 3.42. The van der Waals surface area contributed by atoms with Gasteiger partial charge in [0.2, 0.25) is 0 Å². The lowest BCUT2D eigenvalue weighted by Crippen LogP contribution is -2.20. The molecule has 0 aliphatic heterocycles. The topological polar surface area (TPSA) is 59.3 Å². The average Bonchev–Trinajstić information content (AvgIpc) is 3.10. The maximum atomic E-state index is 12.2. The summed E-state index contributed by atoms with van der Waals surface area (Å²) in [7, 11) is 0. The zero-order chi connectivity index (χ0) is 18.5. The van der Waals surface area contributed by atoms with Gasteiger partial charge in [0.15, 0.2) is 5.69 Å². The van der Waals surface area contributed by atoms with E-state index in [1.54, 1.807) is 16.9 Å². The molecule has 0 atom stereocenters. The molecule has 1 N–H and O–H groups in total. The molecule has 0 saturated carbocycles. The van der Waals surface area contributed by atoms with Gasteiger partial charge in [-0.1, -0.05) is 57.9 Å². The van der Waals surface area contributed by atoms with Crippen LogP contribution >= 0.6 is 15.9 Å². The molecule has 3 rings (SSSR count). The standard InChI is InChI=1S/C20H19BrN4O/c1-14-3-7-17(8-4-14)15(2)22-23-20(26)19-11-12-25(24-19)13-16-5-9-18(21)10-6-16/h3-12H,13H2,1-2H3,(H,23,26)/b22-15-. The Hall–Kier alpha value is -2.73. The molecular weight excluding hydrogens is 392 g/mol. The molecule has 0 aliphatic rings. The number of carbonyl (C=O) groups excluding carboxylic acids is 1. The van der Waals surface area contributed by atoms with Gasteiger partial charge < -0.3 is 0 Å². The molecule has 5 nitrogen and oxygen atoms in total. The fraction of sp³-hybridized carbons (Fsp3) is 0.150. The highest BCUT2D eigenvalue weighted by atomic mass is 79.9. The molecule has 0 fully saturated rings. The van der Waals surface area contributed by atoms with Crippen LogP contribution in [-0.4, -0.2) is 21.4 Å². The van der Waals surface area contributed by atoms with Gasteiger partial charge in [-0.2, -0.15) is 10.2 Å². The Labute approximate surface area is 160 Å². The summed E-state index contributed by atoms with van der Waals surface area (Å²) in [6, 6.07) is 17.7. The monoisotopic (exact) mass is 410 g/mol. The second-order valence-electron chi connectivity index (χ2n) is 6.03. The number of hydrogen-bond donors (Lipinski definition) is 1. The zero-order valence-electron chi connectivity index (χ0n) is 14.6. The molecule has 0 spiro atoms. The van der Waals surface area contributed by atoms with Gasteiger partial charge in [0, 0.05) is 10.7 Å². The number of nitrogens with zero attached hydrogens (tertiary/aromatic N) is 3. The van der Waals surface area contributed by atoms with Gasteiger partial charge in [0.05, 0.1) is 12.3 Å².